The maximum absolute atomic E-state index is 12.1. The summed E-state index contributed by atoms with van der Waals surface area (Å²) in [4.78, 5) is 9.02. The molecule has 1 unspecified atom stereocenters. The van der Waals surface area contributed by atoms with Crippen molar-refractivity contribution in [2.24, 2.45) is 0 Å². The zero-order chi connectivity index (χ0) is 17.0. The van der Waals surface area contributed by atoms with Crippen LogP contribution in [0.3, 0.4) is 0 Å². The second-order valence-corrected chi connectivity index (χ2v) is 4.69. The molecular formula is C17H34FN3. The van der Waals surface area contributed by atoms with Crippen molar-refractivity contribution in [1.82, 2.24) is 15.3 Å². The Morgan fingerprint density at radius 3 is 1.71 bits per heavy atom. The molecule has 0 aliphatic carbocycles. The summed E-state index contributed by atoms with van der Waals surface area (Å²) in [5.74, 6) is 1.18. The normalized spacial score (nSPS) is 11.2. The topological polar surface area (TPSA) is 37.8 Å². The number of aromatic nitrogens is 2. The minimum absolute atomic E-state index is 0.00985. The van der Waals surface area contributed by atoms with E-state index in [9.17, 15) is 4.39 Å². The van der Waals surface area contributed by atoms with Gasteiger partial charge in [0.1, 0.15) is 12.5 Å². The number of halogens is 1. The Labute approximate surface area is 130 Å². The lowest BCUT2D eigenvalue weighted by Gasteiger charge is -2.17. The summed E-state index contributed by atoms with van der Waals surface area (Å²) in [6, 6.07) is -0.00985. The largest absolute Gasteiger partial charge is 0.305 e. The van der Waals surface area contributed by atoms with Gasteiger partial charge in [-0.2, -0.15) is 0 Å². The minimum atomic E-state index is -0.369. The first-order valence-electron chi connectivity index (χ1n) is 8.11. The molecule has 0 aliphatic rings. The summed E-state index contributed by atoms with van der Waals surface area (Å²) < 4.78 is 12.1. The van der Waals surface area contributed by atoms with E-state index in [1.807, 2.05) is 48.5 Å². The van der Waals surface area contributed by atoms with Crippen molar-refractivity contribution in [1.29, 1.82) is 0 Å². The molecule has 4 heteroatoms. The van der Waals surface area contributed by atoms with Gasteiger partial charge in [0.2, 0.25) is 0 Å². The second-order valence-electron chi connectivity index (χ2n) is 4.69. The van der Waals surface area contributed by atoms with Crippen LogP contribution in [0.5, 0.6) is 0 Å². The van der Waals surface area contributed by atoms with Crippen LogP contribution < -0.4 is 5.32 Å². The molecule has 0 fully saturated rings. The second kappa shape index (κ2) is 12.7. The predicted molar refractivity (Wildman–Crippen MR) is 90.7 cm³/mol. The van der Waals surface area contributed by atoms with E-state index in [0.29, 0.717) is 12.5 Å². The third-order valence-electron chi connectivity index (χ3n) is 2.85. The average Bonchev–Trinajstić information content (AvgIpc) is 2.47. The van der Waals surface area contributed by atoms with Crippen LogP contribution in [0.1, 0.15) is 83.2 Å². The molecule has 0 aromatic carbocycles. The number of hydrogen-bond donors (Lipinski definition) is 1. The van der Waals surface area contributed by atoms with Gasteiger partial charge in [-0.15, -0.1) is 0 Å². The van der Waals surface area contributed by atoms with E-state index < -0.39 is 0 Å². The van der Waals surface area contributed by atoms with Gasteiger partial charge in [-0.1, -0.05) is 41.5 Å². The van der Waals surface area contributed by atoms with Crippen LogP contribution in [0.2, 0.25) is 0 Å². The van der Waals surface area contributed by atoms with Crippen molar-refractivity contribution >= 4 is 0 Å². The molecule has 0 saturated carbocycles. The van der Waals surface area contributed by atoms with Crippen LogP contribution in [0.4, 0.5) is 4.39 Å². The molecule has 1 aromatic rings. The first-order chi connectivity index (χ1) is 9.97. The molecule has 1 atom stereocenters. The highest BCUT2D eigenvalue weighted by atomic mass is 19.1. The van der Waals surface area contributed by atoms with E-state index in [2.05, 4.69) is 29.1 Å². The van der Waals surface area contributed by atoms with Gasteiger partial charge >= 0.3 is 0 Å². The summed E-state index contributed by atoms with van der Waals surface area (Å²) in [5.41, 5.74) is 3.26. The highest BCUT2D eigenvalue weighted by Crippen LogP contribution is 2.21. The molecule has 124 valence electrons. The van der Waals surface area contributed by atoms with Crippen molar-refractivity contribution in [3.63, 3.8) is 0 Å². The lowest BCUT2D eigenvalue weighted by molar-refractivity contribution is 0.437. The Bertz CT molecular complexity index is 355. The molecule has 0 saturated heterocycles. The molecule has 0 bridgehead atoms. The lowest BCUT2D eigenvalue weighted by atomic mass is 10.00. The third-order valence-corrected chi connectivity index (χ3v) is 2.85. The maximum atomic E-state index is 12.1. The molecule has 21 heavy (non-hydrogen) atoms. The van der Waals surface area contributed by atoms with Crippen molar-refractivity contribution in [3.8, 4) is 0 Å². The molecule has 1 aromatic heterocycles. The summed E-state index contributed by atoms with van der Waals surface area (Å²) in [6.45, 7) is 18.2. The number of nitrogens with zero attached hydrogens (tertiary/aromatic N) is 2. The number of alkyl halides is 1. The Hall–Kier alpha value is -1.03. The van der Waals surface area contributed by atoms with Gasteiger partial charge in [-0.25, -0.2) is 14.4 Å². The van der Waals surface area contributed by atoms with Crippen molar-refractivity contribution in [2.45, 2.75) is 74.3 Å². The fourth-order valence-corrected chi connectivity index (χ4v) is 2.14. The van der Waals surface area contributed by atoms with Crippen LogP contribution in [-0.4, -0.2) is 23.2 Å². The predicted octanol–water partition coefficient (Wildman–Crippen LogP) is 4.89. The zero-order valence-electron chi connectivity index (χ0n) is 15.3. The van der Waals surface area contributed by atoms with E-state index in [0.717, 1.165) is 17.2 Å². The van der Waals surface area contributed by atoms with Gasteiger partial charge in [0.05, 0.1) is 6.04 Å². The number of hydrogen-bond acceptors (Lipinski definition) is 3. The van der Waals surface area contributed by atoms with E-state index >= 15 is 0 Å². The van der Waals surface area contributed by atoms with Gasteiger partial charge in [0, 0.05) is 17.9 Å². The number of rotatable bonds is 5. The van der Waals surface area contributed by atoms with E-state index in [1.54, 1.807) is 0 Å². The zero-order valence-corrected chi connectivity index (χ0v) is 15.3. The Morgan fingerprint density at radius 1 is 0.952 bits per heavy atom. The maximum Gasteiger partial charge on any atom is 0.145 e. The first-order valence-corrected chi connectivity index (χ1v) is 8.11. The summed E-state index contributed by atoms with van der Waals surface area (Å²) in [6.07, 6.45) is 0. The standard InChI is InChI=1S/C13H22FN3.2C2H6/c1-8(2)12-9(3)16-13(17-10(12)4)11(5)15-7-6-14;2*1-2/h8,11,15H,6-7H2,1-5H3;2*1-2H3. The van der Waals surface area contributed by atoms with Crippen molar-refractivity contribution in [3.05, 3.63) is 22.8 Å². The molecule has 3 nitrogen and oxygen atoms in total. The fourth-order valence-electron chi connectivity index (χ4n) is 2.14. The fraction of sp³-hybridized carbons (Fsp3) is 0.765. The van der Waals surface area contributed by atoms with Crippen LogP contribution >= 0.6 is 0 Å². The quantitative estimate of drug-likeness (QED) is 0.841. The summed E-state index contributed by atoms with van der Waals surface area (Å²) in [7, 11) is 0. The molecule has 0 radical (unpaired) electrons. The van der Waals surface area contributed by atoms with Gasteiger partial charge in [-0.05, 0) is 32.3 Å². The van der Waals surface area contributed by atoms with Gasteiger partial charge in [0.15, 0.2) is 0 Å². The van der Waals surface area contributed by atoms with Gasteiger partial charge < -0.3 is 5.32 Å². The van der Waals surface area contributed by atoms with Crippen LogP contribution in [0, 0.1) is 13.8 Å². The third kappa shape index (κ3) is 7.51. The van der Waals surface area contributed by atoms with E-state index in [-0.39, 0.29) is 12.7 Å². The van der Waals surface area contributed by atoms with Crippen LogP contribution in [-0.2, 0) is 0 Å². The number of nitrogens with one attached hydrogen (secondary N) is 1. The molecule has 0 aliphatic heterocycles. The number of aryl methyl sites for hydroxylation is 2. The molecule has 0 spiro atoms. The van der Waals surface area contributed by atoms with Gasteiger partial charge in [-0.3, -0.25) is 0 Å². The smallest absolute Gasteiger partial charge is 0.145 e. The molecule has 1 rings (SSSR count). The molecular weight excluding hydrogens is 265 g/mol. The highest BCUT2D eigenvalue weighted by Gasteiger charge is 2.14. The Balaban J connectivity index is 0. The van der Waals surface area contributed by atoms with Crippen LogP contribution in [0.15, 0.2) is 0 Å². The molecule has 1 N–H and O–H groups in total. The lowest BCUT2D eigenvalue weighted by Crippen LogP contribution is -2.24. The Kier molecular flexibility index (Phi) is 13.4. The molecule has 0 amide bonds. The van der Waals surface area contributed by atoms with Crippen molar-refractivity contribution < 1.29 is 4.39 Å². The van der Waals surface area contributed by atoms with Gasteiger partial charge in [0.25, 0.3) is 0 Å². The molecule has 1 heterocycles. The van der Waals surface area contributed by atoms with Crippen molar-refractivity contribution in [2.75, 3.05) is 13.2 Å². The van der Waals surface area contributed by atoms with E-state index in [4.69, 9.17) is 0 Å². The summed E-state index contributed by atoms with van der Waals surface area (Å²) in [5, 5.41) is 3.05. The first kappa shape index (κ1) is 22.3. The Morgan fingerprint density at radius 2 is 1.38 bits per heavy atom. The van der Waals surface area contributed by atoms with Crippen LogP contribution in [0.25, 0.3) is 0 Å². The monoisotopic (exact) mass is 299 g/mol. The van der Waals surface area contributed by atoms with E-state index in [1.165, 1.54) is 5.56 Å². The highest BCUT2D eigenvalue weighted by molar-refractivity contribution is 5.27. The minimum Gasteiger partial charge on any atom is -0.305 e. The summed E-state index contributed by atoms with van der Waals surface area (Å²) >= 11 is 0. The average molecular weight is 299 g/mol. The SMILES string of the molecule is CC.CC.Cc1nc(C(C)NCCF)nc(C)c1C(C)C.